The van der Waals surface area contributed by atoms with Crippen LogP contribution in [0.4, 0.5) is 0 Å². The minimum Gasteiger partial charge on any atom is -0.369 e. The highest BCUT2D eigenvalue weighted by Gasteiger charge is 2.62. The number of benzene rings is 1. The summed E-state index contributed by atoms with van der Waals surface area (Å²) in [5.41, 5.74) is 6.02. The van der Waals surface area contributed by atoms with Crippen LogP contribution in [0.25, 0.3) is 0 Å². The lowest BCUT2D eigenvalue weighted by Gasteiger charge is -2.18. The van der Waals surface area contributed by atoms with Crippen LogP contribution in [-0.2, 0) is 26.8 Å². The maximum absolute atomic E-state index is 12.6. The van der Waals surface area contributed by atoms with Crippen molar-refractivity contribution in [3.8, 4) is 0 Å². The molecule has 29 heavy (non-hydrogen) atoms. The van der Waals surface area contributed by atoms with Crippen molar-refractivity contribution in [2.75, 3.05) is 6.54 Å². The van der Waals surface area contributed by atoms with E-state index >= 15 is 0 Å². The van der Waals surface area contributed by atoms with Crippen LogP contribution in [0.5, 0.6) is 0 Å². The first-order valence-corrected chi connectivity index (χ1v) is 11.8. The number of rotatable bonds is 9. The van der Waals surface area contributed by atoms with E-state index in [1.165, 1.54) is 12.8 Å². The van der Waals surface area contributed by atoms with Gasteiger partial charge < -0.3 is 10.3 Å². The lowest BCUT2D eigenvalue weighted by molar-refractivity contribution is -0.121. The summed E-state index contributed by atoms with van der Waals surface area (Å²) in [5, 5.41) is 0. The number of sulfonamides is 1. The third kappa shape index (κ3) is 3.96. The molecule has 0 unspecified atom stereocenters. The summed E-state index contributed by atoms with van der Waals surface area (Å²) in [6.45, 7) is 1.04. The minimum atomic E-state index is -3.58. The third-order valence-electron chi connectivity index (χ3n) is 6.55. The number of imidazole rings is 1. The Morgan fingerprint density at radius 3 is 2.59 bits per heavy atom. The predicted octanol–water partition coefficient (Wildman–Crippen LogP) is 2.18. The highest BCUT2D eigenvalue weighted by atomic mass is 32.2. The SMILES string of the molecule is NC(=O)[C@]1(c2ccc(S(=O)(=O)NCCCn3ccnc3)cc2)C[C@H]1C1CCCC1. The summed E-state index contributed by atoms with van der Waals surface area (Å²) in [6.07, 6.45) is 11.5. The molecule has 0 spiro atoms. The summed E-state index contributed by atoms with van der Waals surface area (Å²) in [6, 6.07) is 6.70. The number of hydrogen-bond acceptors (Lipinski definition) is 4. The van der Waals surface area contributed by atoms with Gasteiger partial charge in [0.05, 0.1) is 16.6 Å². The Labute approximate surface area is 171 Å². The fraction of sp³-hybridized carbons (Fsp3) is 0.524. The van der Waals surface area contributed by atoms with Crippen molar-refractivity contribution in [3.63, 3.8) is 0 Å². The second-order valence-corrected chi connectivity index (χ2v) is 10.0. The molecule has 0 aliphatic heterocycles. The number of carbonyl (C=O) groups excluding carboxylic acids is 1. The molecule has 0 radical (unpaired) electrons. The van der Waals surface area contributed by atoms with E-state index in [1.54, 1.807) is 36.8 Å². The van der Waals surface area contributed by atoms with Gasteiger partial charge in [-0.3, -0.25) is 4.79 Å². The quantitative estimate of drug-likeness (QED) is 0.611. The number of hydrogen-bond donors (Lipinski definition) is 2. The first-order chi connectivity index (χ1) is 13.9. The number of nitrogens with two attached hydrogens (primary N) is 1. The van der Waals surface area contributed by atoms with Gasteiger partial charge in [0.25, 0.3) is 0 Å². The van der Waals surface area contributed by atoms with E-state index in [2.05, 4.69) is 9.71 Å². The molecule has 2 fully saturated rings. The zero-order valence-electron chi connectivity index (χ0n) is 16.5. The number of nitrogens with one attached hydrogen (secondary N) is 1. The van der Waals surface area contributed by atoms with Crippen LogP contribution in [0.2, 0.25) is 0 Å². The van der Waals surface area contributed by atoms with Gasteiger partial charge in [-0.25, -0.2) is 18.1 Å². The van der Waals surface area contributed by atoms with Gasteiger partial charge in [-0.1, -0.05) is 37.8 Å². The van der Waals surface area contributed by atoms with Crippen LogP contribution in [0, 0.1) is 11.8 Å². The van der Waals surface area contributed by atoms with E-state index in [0.717, 1.165) is 24.8 Å². The van der Waals surface area contributed by atoms with Crippen molar-refractivity contribution in [2.24, 2.45) is 17.6 Å². The van der Waals surface area contributed by atoms with Gasteiger partial charge >= 0.3 is 0 Å². The summed E-state index contributed by atoms with van der Waals surface area (Å²) in [5.74, 6) is 0.567. The summed E-state index contributed by atoms with van der Waals surface area (Å²) < 4.78 is 29.7. The van der Waals surface area contributed by atoms with Crippen LogP contribution < -0.4 is 10.5 Å². The van der Waals surface area contributed by atoms with E-state index in [4.69, 9.17) is 5.73 Å². The van der Waals surface area contributed by atoms with Crippen molar-refractivity contribution >= 4 is 15.9 Å². The topological polar surface area (TPSA) is 107 Å². The molecule has 1 heterocycles. The largest absolute Gasteiger partial charge is 0.369 e. The molecule has 0 bridgehead atoms. The molecule has 8 heteroatoms. The third-order valence-corrected chi connectivity index (χ3v) is 8.02. The van der Waals surface area contributed by atoms with Crippen molar-refractivity contribution in [3.05, 3.63) is 48.5 Å². The predicted molar refractivity (Wildman–Crippen MR) is 109 cm³/mol. The van der Waals surface area contributed by atoms with Crippen LogP contribution in [0.1, 0.15) is 44.1 Å². The lowest BCUT2D eigenvalue weighted by atomic mass is 9.87. The van der Waals surface area contributed by atoms with E-state index in [9.17, 15) is 13.2 Å². The van der Waals surface area contributed by atoms with E-state index in [0.29, 0.717) is 31.3 Å². The minimum absolute atomic E-state index is 0.210. The number of primary amides is 1. The second-order valence-electron chi connectivity index (χ2n) is 8.27. The summed E-state index contributed by atoms with van der Waals surface area (Å²) in [4.78, 5) is 16.5. The molecule has 0 saturated heterocycles. The molecule has 3 N–H and O–H groups in total. The van der Waals surface area contributed by atoms with Crippen LogP contribution in [-0.4, -0.2) is 30.4 Å². The first kappa shape index (κ1) is 20.1. The monoisotopic (exact) mass is 416 g/mol. The van der Waals surface area contributed by atoms with Gasteiger partial charge in [0.15, 0.2) is 0 Å². The Morgan fingerprint density at radius 1 is 1.24 bits per heavy atom. The Balaban J connectivity index is 1.40. The molecule has 7 nitrogen and oxygen atoms in total. The van der Waals surface area contributed by atoms with Gasteiger partial charge in [-0.05, 0) is 42.4 Å². The number of amides is 1. The molecular weight excluding hydrogens is 388 g/mol. The number of aromatic nitrogens is 2. The molecule has 2 aromatic rings. The second kappa shape index (κ2) is 7.91. The van der Waals surface area contributed by atoms with Crippen molar-refractivity contribution < 1.29 is 13.2 Å². The zero-order chi connectivity index (χ0) is 20.5. The zero-order valence-corrected chi connectivity index (χ0v) is 17.3. The maximum Gasteiger partial charge on any atom is 0.240 e. The van der Waals surface area contributed by atoms with E-state index in [-0.39, 0.29) is 10.8 Å². The lowest BCUT2D eigenvalue weighted by Crippen LogP contribution is -2.32. The molecule has 156 valence electrons. The summed E-state index contributed by atoms with van der Waals surface area (Å²) >= 11 is 0. The number of aryl methyl sites for hydroxylation is 1. The number of nitrogens with zero attached hydrogens (tertiary/aromatic N) is 2. The highest BCUT2D eigenvalue weighted by molar-refractivity contribution is 7.89. The Morgan fingerprint density at radius 2 is 1.97 bits per heavy atom. The van der Waals surface area contributed by atoms with Gasteiger partial charge in [0.1, 0.15) is 0 Å². The Hall–Kier alpha value is -2.19. The molecule has 2 aliphatic rings. The molecule has 2 saturated carbocycles. The molecule has 4 rings (SSSR count). The molecule has 2 atom stereocenters. The fourth-order valence-electron chi connectivity index (χ4n) is 4.88. The van der Waals surface area contributed by atoms with Crippen molar-refractivity contribution in [1.82, 2.24) is 14.3 Å². The van der Waals surface area contributed by atoms with Gasteiger partial charge in [-0.15, -0.1) is 0 Å². The van der Waals surface area contributed by atoms with Crippen molar-refractivity contribution in [1.29, 1.82) is 0 Å². The molecule has 1 aromatic carbocycles. The molecule has 1 amide bonds. The Kier molecular flexibility index (Phi) is 5.48. The van der Waals surface area contributed by atoms with Crippen molar-refractivity contribution in [2.45, 2.75) is 55.4 Å². The maximum atomic E-state index is 12.6. The van der Waals surface area contributed by atoms with Crippen LogP contribution in [0.15, 0.2) is 47.9 Å². The van der Waals surface area contributed by atoms with Gasteiger partial charge in [0.2, 0.25) is 15.9 Å². The molecule has 2 aliphatic carbocycles. The number of carbonyl (C=O) groups is 1. The Bertz CT molecular complexity index is 950. The average Bonchev–Trinajstić information content (AvgIpc) is 3.05. The van der Waals surface area contributed by atoms with Gasteiger partial charge in [0, 0.05) is 25.5 Å². The van der Waals surface area contributed by atoms with E-state index in [1.807, 2.05) is 10.8 Å². The highest BCUT2D eigenvalue weighted by Crippen LogP contribution is 2.60. The summed E-state index contributed by atoms with van der Waals surface area (Å²) in [7, 11) is -3.58. The molecular formula is C21H28N4O3S. The smallest absolute Gasteiger partial charge is 0.240 e. The van der Waals surface area contributed by atoms with Crippen LogP contribution in [0.3, 0.4) is 0 Å². The first-order valence-electron chi connectivity index (χ1n) is 10.3. The van der Waals surface area contributed by atoms with Gasteiger partial charge in [-0.2, -0.15) is 0 Å². The molecule has 1 aromatic heterocycles. The standard InChI is InChI=1S/C21H28N4O3S/c22-20(26)21(14-19(21)16-4-1-2-5-16)17-6-8-18(9-7-17)29(27,28)24-10-3-12-25-13-11-23-15-25/h6-9,11,13,15-16,19,24H,1-5,10,12,14H2,(H2,22,26)/t19-,21-/m0/s1. The normalized spacial score (nSPS) is 24.6. The average molecular weight is 417 g/mol. The van der Waals surface area contributed by atoms with E-state index < -0.39 is 15.4 Å². The van der Waals surface area contributed by atoms with Crippen LogP contribution >= 0.6 is 0 Å². The fourth-order valence-corrected chi connectivity index (χ4v) is 5.95.